The van der Waals surface area contributed by atoms with Crippen molar-refractivity contribution in [2.24, 2.45) is 11.7 Å². The Morgan fingerprint density at radius 1 is 0.936 bits per heavy atom. The maximum atomic E-state index is 12.3. The van der Waals surface area contributed by atoms with Gasteiger partial charge in [-0.3, -0.25) is 4.79 Å². The first-order valence-corrected chi connectivity index (χ1v) is 15.9. The summed E-state index contributed by atoms with van der Waals surface area (Å²) in [5.41, 5.74) is 5.98. The van der Waals surface area contributed by atoms with Crippen LogP contribution in [0.15, 0.2) is 60.8 Å². The first kappa shape index (κ1) is 37.1. The first-order chi connectivity index (χ1) is 22.3. The largest absolute Gasteiger partial charge is 0.481 e. The second-order valence-corrected chi connectivity index (χ2v) is 12.6. The number of nitrogens with two attached hydrogens (primary N) is 1. The number of ether oxygens (including phenoxy) is 5. The van der Waals surface area contributed by atoms with Gasteiger partial charge in [0, 0.05) is 38.2 Å². The van der Waals surface area contributed by atoms with Crippen molar-refractivity contribution >= 4 is 11.9 Å². The number of aliphatic hydroxyl groups is 5. The Bertz CT molecular complexity index is 1220. The zero-order chi connectivity index (χ0) is 34.3. The van der Waals surface area contributed by atoms with Crippen molar-refractivity contribution in [3.63, 3.8) is 0 Å². The molecule has 0 aromatic carbocycles. The molecule has 3 saturated heterocycles. The number of cyclic esters (lactones) is 1. The molecule has 0 aliphatic carbocycles. The van der Waals surface area contributed by atoms with Gasteiger partial charge in [0.15, 0.2) is 12.1 Å². The van der Waals surface area contributed by atoms with E-state index in [1.807, 2.05) is 6.08 Å². The second-order valence-electron chi connectivity index (χ2n) is 12.6. The highest BCUT2D eigenvalue weighted by Crippen LogP contribution is 2.39. The van der Waals surface area contributed by atoms with E-state index in [1.165, 1.54) is 12.2 Å². The quantitative estimate of drug-likeness (QED) is 0.157. The van der Waals surface area contributed by atoms with Crippen molar-refractivity contribution in [1.29, 1.82) is 0 Å². The van der Waals surface area contributed by atoms with Crippen LogP contribution in [0.1, 0.15) is 46.0 Å². The Hall–Kier alpha value is -2.76. The van der Waals surface area contributed by atoms with Crippen LogP contribution >= 0.6 is 0 Å². The number of aliphatic hydroxyl groups excluding tert-OH is 4. The summed E-state index contributed by atoms with van der Waals surface area (Å²) in [5.74, 6) is -5.45. The number of carboxylic acid groups (broad SMARTS) is 1. The first-order valence-electron chi connectivity index (χ1n) is 15.9. The molecule has 8 N–H and O–H groups in total. The van der Waals surface area contributed by atoms with Crippen molar-refractivity contribution in [1.82, 2.24) is 0 Å². The molecule has 0 aromatic rings. The fraction of sp³-hybridized carbons (Fsp3) is 0.636. The van der Waals surface area contributed by atoms with Gasteiger partial charge in [0.2, 0.25) is 0 Å². The summed E-state index contributed by atoms with van der Waals surface area (Å²) in [6, 6.07) is -1.08. The van der Waals surface area contributed by atoms with Crippen LogP contribution in [0.3, 0.4) is 0 Å². The van der Waals surface area contributed by atoms with Crippen LogP contribution in [0.2, 0.25) is 0 Å². The van der Waals surface area contributed by atoms with Gasteiger partial charge < -0.3 is 60.1 Å². The number of aliphatic carboxylic acids is 1. The molecular formula is C33H47NO13. The highest BCUT2D eigenvalue weighted by Gasteiger charge is 2.51. The van der Waals surface area contributed by atoms with Gasteiger partial charge in [-0.25, -0.2) is 4.79 Å². The normalized spacial score (nSPS) is 46.6. The Kier molecular flexibility index (Phi) is 13.1. The Morgan fingerprint density at radius 2 is 1.64 bits per heavy atom. The summed E-state index contributed by atoms with van der Waals surface area (Å²) in [4.78, 5) is 24.4. The molecule has 0 spiro atoms. The zero-order valence-corrected chi connectivity index (χ0v) is 26.4. The molecule has 0 saturated carbocycles. The van der Waals surface area contributed by atoms with Gasteiger partial charge in [-0.2, -0.15) is 0 Å². The molecule has 262 valence electrons. The molecule has 14 heteroatoms. The number of fused-ring (bicyclic) bond motifs is 3. The predicted octanol–water partition coefficient (Wildman–Crippen LogP) is 0.120. The monoisotopic (exact) mass is 665 g/mol. The van der Waals surface area contributed by atoms with E-state index in [0.717, 1.165) is 0 Å². The molecule has 14 nitrogen and oxygen atoms in total. The SMILES string of the molecule is C[C@@H]1O[C@@H](O[C@@H]2C=C\C=C/C=C\C=C/C[C@H](C)OC(=O)/C=C\[C@H]3O[C@@H]3C[C@H](O)C[C@]3(O)C[C@@H](O)[C@@H](C(=O)O)[C@H](C2)O3)[C@H](O)[C@H](N)[C@@H]1O. The molecule has 4 heterocycles. The lowest BCUT2D eigenvalue weighted by molar-refractivity contribution is -0.308. The predicted molar refractivity (Wildman–Crippen MR) is 165 cm³/mol. The molecule has 4 aliphatic heterocycles. The number of carbonyl (C=O) groups excluding carboxylic acids is 1. The Morgan fingerprint density at radius 3 is 2.36 bits per heavy atom. The minimum atomic E-state index is -2.10. The van der Waals surface area contributed by atoms with Gasteiger partial charge in [0.1, 0.15) is 24.2 Å². The van der Waals surface area contributed by atoms with E-state index < -0.39 is 97.3 Å². The maximum Gasteiger partial charge on any atom is 0.330 e. The molecular weight excluding hydrogens is 618 g/mol. The number of hydrogen-bond acceptors (Lipinski definition) is 13. The number of epoxide rings is 1. The summed E-state index contributed by atoms with van der Waals surface area (Å²) < 4.78 is 28.5. The highest BCUT2D eigenvalue weighted by molar-refractivity contribution is 5.82. The fourth-order valence-corrected chi connectivity index (χ4v) is 6.00. The molecule has 2 bridgehead atoms. The smallest absolute Gasteiger partial charge is 0.330 e. The number of rotatable bonds is 3. The van der Waals surface area contributed by atoms with Crippen LogP contribution < -0.4 is 5.73 Å². The number of esters is 1. The second kappa shape index (κ2) is 16.6. The lowest BCUT2D eigenvalue weighted by Crippen LogP contribution is -2.61. The van der Waals surface area contributed by atoms with Crippen molar-refractivity contribution in [3.05, 3.63) is 60.8 Å². The van der Waals surface area contributed by atoms with E-state index in [1.54, 1.807) is 56.4 Å². The van der Waals surface area contributed by atoms with E-state index in [0.29, 0.717) is 6.42 Å². The van der Waals surface area contributed by atoms with Crippen LogP contribution in [0, 0.1) is 5.92 Å². The van der Waals surface area contributed by atoms with Gasteiger partial charge in [-0.1, -0.05) is 48.6 Å². The number of carbonyl (C=O) groups is 2. The molecule has 3 fully saturated rings. The third-order valence-electron chi connectivity index (χ3n) is 8.58. The van der Waals surface area contributed by atoms with Gasteiger partial charge in [0.05, 0.1) is 48.8 Å². The Balaban J connectivity index is 1.58. The molecule has 0 unspecified atom stereocenters. The lowest BCUT2D eigenvalue weighted by Gasteiger charge is -2.45. The lowest BCUT2D eigenvalue weighted by atomic mass is 9.83. The van der Waals surface area contributed by atoms with E-state index in [-0.39, 0.29) is 25.4 Å². The Labute approximate surface area is 273 Å². The fourth-order valence-electron chi connectivity index (χ4n) is 6.00. The third kappa shape index (κ3) is 10.6. The number of hydrogen-bond donors (Lipinski definition) is 7. The van der Waals surface area contributed by atoms with Gasteiger partial charge in [-0.15, -0.1) is 0 Å². The summed E-state index contributed by atoms with van der Waals surface area (Å²) in [7, 11) is 0. The van der Waals surface area contributed by atoms with E-state index in [2.05, 4.69) is 0 Å². The zero-order valence-electron chi connectivity index (χ0n) is 26.4. The van der Waals surface area contributed by atoms with E-state index in [4.69, 9.17) is 29.4 Å². The highest BCUT2D eigenvalue weighted by atomic mass is 16.7. The van der Waals surface area contributed by atoms with Gasteiger partial charge in [-0.05, 0) is 19.9 Å². The average molecular weight is 666 g/mol. The molecule has 0 aromatic heterocycles. The molecule has 14 atom stereocenters. The van der Waals surface area contributed by atoms with Crippen LogP contribution in [0.25, 0.3) is 0 Å². The number of allylic oxidation sites excluding steroid dienone is 6. The molecule has 0 radical (unpaired) electrons. The van der Waals surface area contributed by atoms with Crippen molar-refractivity contribution < 1.29 is 63.9 Å². The standard InChI is InChI=1S/C33H47NO13/c1-18-10-8-6-4-3-5-7-9-11-21(45-32-30(39)28(34)29(38)19(2)44-32)15-25-27(31(40)41)22(36)17-33(42,47-25)16-20(35)14-24-23(46-24)12-13-26(37)43-18/h3-9,11-13,18-25,27-30,32,35-36,38-39,42H,10,14-17,34H2,1-2H3,(H,40,41)/b4-3-,7-5-,8-6-,11-9?,13-12-/t18-,19-,20-,21+,22+,23+,24+,25-,27+,28+,29+,30+,32-,33+/m0/s1. The summed E-state index contributed by atoms with van der Waals surface area (Å²) in [6.07, 6.45) is 5.25. The molecule has 4 rings (SSSR count). The topological polar surface area (TPSA) is 231 Å². The van der Waals surface area contributed by atoms with Crippen LogP contribution in [0.4, 0.5) is 0 Å². The summed E-state index contributed by atoms with van der Waals surface area (Å²) >= 11 is 0. The van der Waals surface area contributed by atoms with Crippen molar-refractivity contribution in [2.75, 3.05) is 0 Å². The van der Waals surface area contributed by atoms with E-state index in [9.17, 15) is 40.2 Å². The molecule has 0 amide bonds. The van der Waals surface area contributed by atoms with Crippen molar-refractivity contribution in [2.45, 2.75) is 125 Å². The van der Waals surface area contributed by atoms with E-state index >= 15 is 0 Å². The number of carboxylic acids is 1. The third-order valence-corrected chi connectivity index (χ3v) is 8.58. The maximum absolute atomic E-state index is 12.3. The minimum absolute atomic E-state index is 0.0789. The van der Waals surface area contributed by atoms with Gasteiger partial charge in [0.25, 0.3) is 0 Å². The van der Waals surface area contributed by atoms with Crippen LogP contribution in [0.5, 0.6) is 0 Å². The average Bonchev–Trinajstić information content (AvgIpc) is 3.72. The van der Waals surface area contributed by atoms with Crippen LogP contribution in [-0.2, 0) is 33.3 Å². The summed E-state index contributed by atoms with van der Waals surface area (Å²) in [5, 5.41) is 63.9. The van der Waals surface area contributed by atoms with Gasteiger partial charge >= 0.3 is 11.9 Å². The summed E-state index contributed by atoms with van der Waals surface area (Å²) in [6.45, 7) is 3.34. The minimum Gasteiger partial charge on any atom is -0.481 e. The molecule has 4 aliphatic rings. The van der Waals surface area contributed by atoms with Crippen molar-refractivity contribution in [3.8, 4) is 0 Å². The molecule has 47 heavy (non-hydrogen) atoms. The van der Waals surface area contributed by atoms with Crippen LogP contribution in [-0.4, -0.2) is 122 Å².